The van der Waals surface area contributed by atoms with E-state index < -0.39 is 5.41 Å². The molecular formula is C16H31N3OS. The fourth-order valence-corrected chi connectivity index (χ4v) is 3.79. The molecule has 0 saturated carbocycles. The van der Waals surface area contributed by atoms with Gasteiger partial charge in [-0.2, -0.15) is 0 Å². The van der Waals surface area contributed by atoms with Gasteiger partial charge in [0.1, 0.15) is 0 Å². The minimum absolute atomic E-state index is 0.154. The molecule has 0 spiro atoms. The fraction of sp³-hybridized carbons (Fsp3) is 0.875. The number of piperazine rings is 1. The lowest BCUT2D eigenvalue weighted by Gasteiger charge is -2.43. The first-order valence-corrected chi connectivity index (χ1v) is 8.67. The Morgan fingerprint density at radius 1 is 1.24 bits per heavy atom. The first-order chi connectivity index (χ1) is 9.92. The summed E-state index contributed by atoms with van der Waals surface area (Å²) >= 11 is 5.30. The van der Waals surface area contributed by atoms with Crippen LogP contribution in [-0.2, 0) is 4.79 Å². The summed E-state index contributed by atoms with van der Waals surface area (Å²) in [4.78, 5) is 17.9. The normalized spacial score (nSPS) is 20.6. The van der Waals surface area contributed by atoms with Crippen molar-refractivity contribution in [1.29, 1.82) is 0 Å². The summed E-state index contributed by atoms with van der Waals surface area (Å²) in [5.74, 6) is 0.154. The van der Waals surface area contributed by atoms with Crippen molar-refractivity contribution < 1.29 is 4.79 Å². The summed E-state index contributed by atoms with van der Waals surface area (Å²) < 4.78 is 0. The molecule has 0 aliphatic carbocycles. The highest BCUT2D eigenvalue weighted by molar-refractivity contribution is 7.80. The monoisotopic (exact) mass is 313 g/mol. The summed E-state index contributed by atoms with van der Waals surface area (Å²) in [6.07, 6.45) is 3.37. The smallest absolute Gasteiger partial charge is 0.235 e. The van der Waals surface area contributed by atoms with Crippen molar-refractivity contribution in [2.45, 2.75) is 59.4 Å². The summed E-state index contributed by atoms with van der Waals surface area (Å²) in [6.45, 7) is 12.1. The van der Waals surface area contributed by atoms with Crippen molar-refractivity contribution in [2.75, 3.05) is 26.2 Å². The predicted molar refractivity (Wildman–Crippen MR) is 92.3 cm³/mol. The van der Waals surface area contributed by atoms with Crippen LogP contribution in [0.3, 0.4) is 0 Å². The number of hydrogen-bond acceptors (Lipinski definition) is 3. The molecule has 1 fully saturated rings. The molecule has 122 valence electrons. The van der Waals surface area contributed by atoms with E-state index in [0.29, 0.717) is 11.0 Å². The van der Waals surface area contributed by atoms with Crippen LogP contribution in [0.15, 0.2) is 0 Å². The highest BCUT2D eigenvalue weighted by Crippen LogP contribution is 2.33. The first-order valence-electron chi connectivity index (χ1n) is 8.26. The number of likely N-dealkylation sites (N-methyl/N-ethyl adjacent to an activating group) is 1. The van der Waals surface area contributed by atoms with Gasteiger partial charge in [0.05, 0.1) is 10.4 Å². The maximum Gasteiger partial charge on any atom is 0.235 e. The number of rotatable bonds is 7. The molecule has 1 atom stereocenters. The van der Waals surface area contributed by atoms with Gasteiger partial charge in [0.25, 0.3) is 0 Å². The van der Waals surface area contributed by atoms with Crippen molar-refractivity contribution in [3.05, 3.63) is 0 Å². The van der Waals surface area contributed by atoms with E-state index in [9.17, 15) is 4.79 Å². The van der Waals surface area contributed by atoms with Crippen molar-refractivity contribution in [1.82, 2.24) is 9.80 Å². The van der Waals surface area contributed by atoms with E-state index in [4.69, 9.17) is 18.0 Å². The number of nitrogens with two attached hydrogens (primary N) is 1. The van der Waals surface area contributed by atoms with E-state index in [2.05, 4.69) is 32.6 Å². The van der Waals surface area contributed by atoms with E-state index in [-0.39, 0.29) is 5.91 Å². The van der Waals surface area contributed by atoms with Gasteiger partial charge in [0.15, 0.2) is 0 Å². The molecular weight excluding hydrogens is 282 g/mol. The van der Waals surface area contributed by atoms with E-state index in [0.717, 1.165) is 51.9 Å². The number of hydrogen-bond donors (Lipinski definition) is 1. The summed E-state index contributed by atoms with van der Waals surface area (Å²) in [6, 6.07) is 0.403. The molecule has 1 unspecified atom stereocenters. The van der Waals surface area contributed by atoms with E-state index in [1.807, 2.05) is 4.90 Å². The number of carbonyl (C=O) groups excluding carboxylic acids is 1. The van der Waals surface area contributed by atoms with Gasteiger partial charge in [0.2, 0.25) is 5.91 Å². The third-order valence-electron chi connectivity index (χ3n) is 4.69. The standard InChI is InChI=1S/C16H31N3OS/c1-5-8-16(9-6-2,14(17)21)15(20)19-11-10-18(7-3)13(4)12-19/h13H,5-12H2,1-4H3,(H2,17,21). The number of thiocarbonyl (C=S) groups is 1. The van der Waals surface area contributed by atoms with Crippen LogP contribution in [0.2, 0.25) is 0 Å². The molecule has 1 aliphatic heterocycles. The van der Waals surface area contributed by atoms with E-state index in [1.54, 1.807) is 0 Å². The Bertz CT molecular complexity index is 367. The third kappa shape index (κ3) is 3.95. The second kappa shape index (κ2) is 8.08. The van der Waals surface area contributed by atoms with Crippen LogP contribution in [0.5, 0.6) is 0 Å². The summed E-state index contributed by atoms with van der Waals surface area (Å²) in [5, 5.41) is 0. The average Bonchev–Trinajstić information content (AvgIpc) is 2.45. The SMILES string of the molecule is CCCC(CCC)(C(=O)N1CCN(CC)C(C)C1)C(N)=S. The molecule has 0 radical (unpaired) electrons. The minimum atomic E-state index is -0.632. The fourth-order valence-electron chi connectivity index (χ4n) is 3.50. The number of carbonyl (C=O) groups is 1. The zero-order chi connectivity index (χ0) is 16.0. The molecule has 1 aliphatic rings. The molecule has 1 rings (SSSR count). The highest BCUT2D eigenvalue weighted by atomic mass is 32.1. The molecule has 0 aromatic rings. The lowest BCUT2D eigenvalue weighted by Crippen LogP contribution is -2.58. The Morgan fingerprint density at radius 2 is 1.81 bits per heavy atom. The van der Waals surface area contributed by atoms with Gasteiger partial charge in [-0.05, 0) is 26.3 Å². The largest absolute Gasteiger partial charge is 0.392 e. The van der Waals surface area contributed by atoms with Gasteiger partial charge in [-0.1, -0.05) is 45.8 Å². The van der Waals surface area contributed by atoms with E-state index >= 15 is 0 Å². The molecule has 21 heavy (non-hydrogen) atoms. The Balaban J connectivity index is 2.93. The van der Waals surface area contributed by atoms with Gasteiger partial charge in [-0.3, -0.25) is 9.69 Å². The van der Waals surface area contributed by atoms with Crippen LogP contribution in [0.25, 0.3) is 0 Å². The molecule has 1 heterocycles. The molecule has 5 heteroatoms. The Morgan fingerprint density at radius 3 is 2.19 bits per heavy atom. The lowest BCUT2D eigenvalue weighted by molar-refractivity contribution is -0.142. The molecule has 0 aromatic heterocycles. The van der Waals surface area contributed by atoms with Crippen LogP contribution in [0.4, 0.5) is 0 Å². The third-order valence-corrected chi connectivity index (χ3v) is 5.08. The molecule has 1 saturated heterocycles. The van der Waals surface area contributed by atoms with Crippen LogP contribution < -0.4 is 5.73 Å². The molecule has 0 aromatic carbocycles. The second-order valence-electron chi connectivity index (χ2n) is 6.18. The molecule has 1 amide bonds. The zero-order valence-electron chi connectivity index (χ0n) is 14.0. The van der Waals surface area contributed by atoms with Crippen LogP contribution in [0.1, 0.15) is 53.4 Å². The van der Waals surface area contributed by atoms with Gasteiger partial charge < -0.3 is 10.6 Å². The number of nitrogens with zero attached hydrogens (tertiary/aromatic N) is 2. The predicted octanol–water partition coefficient (Wildman–Crippen LogP) is 2.41. The van der Waals surface area contributed by atoms with Crippen molar-refractivity contribution in [3.63, 3.8) is 0 Å². The van der Waals surface area contributed by atoms with Gasteiger partial charge in [-0.15, -0.1) is 0 Å². The minimum Gasteiger partial charge on any atom is -0.392 e. The Kier molecular flexibility index (Phi) is 7.07. The second-order valence-corrected chi connectivity index (χ2v) is 6.61. The lowest BCUT2D eigenvalue weighted by atomic mass is 9.77. The maximum atomic E-state index is 13.1. The molecule has 4 nitrogen and oxygen atoms in total. The maximum absolute atomic E-state index is 13.1. The Labute approximate surface area is 135 Å². The van der Waals surface area contributed by atoms with Crippen molar-refractivity contribution in [2.24, 2.45) is 11.1 Å². The van der Waals surface area contributed by atoms with E-state index in [1.165, 1.54) is 0 Å². The first kappa shape index (κ1) is 18.4. The summed E-state index contributed by atoms with van der Waals surface area (Å²) in [5.41, 5.74) is 5.38. The Hall–Kier alpha value is -0.680. The van der Waals surface area contributed by atoms with Gasteiger partial charge in [0, 0.05) is 25.7 Å². The summed E-state index contributed by atoms with van der Waals surface area (Å²) in [7, 11) is 0. The van der Waals surface area contributed by atoms with Crippen LogP contribution in [-0.4, -0.2) is 52.9 Å². The van der Waals surface area contributed by atoms with Crippen LogP contribution >= 0.6 is 12.2 Å². The number of amides is 1. The molecule has 0 bridgehead atoms. The van der Waals surface area contributed by atoms with Crippen molar-refractivity contribution >= 4 is 23.1 Å². The average molecular weight is 314 g/mol. The zero-order valence-corrected chi connectivity index (χ0v) is 14.8. The molecule has 2 N–H and O–H groups in total. The highest BCUT2D eigenvalue weighted by Gasteiger charge is 2.43. The van der Waals surface area contributed by atoms with Crippen molar-refractivity contribution in [3.8, 4) is 0 Å². The van der Waals surface area contributed by atoms with Gasteiger partial charge >= 0.3 is 0 Å². The van der Waals surface area contributed by atoms with Crippen LogP contribution in [0, 0.1) is 5.41 Å². The topological polar surface area (TPSA) is 49.6 Å². The quantitative estimate of drug-likeness (QED) is 0.733. The van der Waals surface area contributed by atoms with Gasteiger partial charge in [-0.25, -0.2) is 0 Å².